The van der Waals surface area contributed by atoms with Gasteiger partial charge in [0.2, 0.25) is 0 Å². The summed E-state index contributed by atoms with van der Waals surface area (Å²) in [4.78, 5) is 4.47. The van der Waals surface area contributed by atoms with Gasteiger partial charge >= 0.3 is 0 Å². The number of likely N-dealkylation sites (N-methyl/N-ethyl adjacent to an activating group) is 1. The highest BCUT2D eigenvalue weighted by Crippen LogP contribution is 1.97. The quantitative estimate of drug-likeness (QED) is 0.611. The third kappa shape index (κ3) is 4.37. The minimum absolute atomic E-state index is 0.210. The molecular formula is C10H23N3O. The molecule has 4 nitrogen and oxygen atoms in total. The van der Waals surface area contributed by atoms with Crippen LogP contribution >= 0.6 is 0 Å². The molecule has 1 heterocycles. The molecule has 1 fully saturated rings. The molecule has 0 aromatic rings. The molecule has 0 radical (unpaired) electrons. The lowest BCUT2D eigenvalue weighted by Gasteiger charge is -2.30. The van der Waals surface area contributed by atoms with E-state index in [9.17, 15) is 5.11 Å². The summed E-state index contributed by atoms with van der Waals surface area (Å²) in [6.07, 6.45) is -0.210. The van der Waals surface area contributed by atoms with Crippen LogP contribution < -0.4 is 5.32 Å². The summed E-state index contributed by atoms with van der Waals surface area (Å²) >= 11 is 0. The predicted molar refractivity (Wildman–Crippen MR) is 58.5 cm³/mol. The first-order chi connectivity index (χ1) is 6.72. The van der Waals surface area contributed by atoms with Crippen molar-refractivity contribution in [3.63, 3.8) is 0 Å². The van der Waals surface area contributed by atoms with E-state index in [4.69, 9.17) is 0 Å². The van der Waals surface area contributed by atoms with Crippen LogP contribution in [-0.2, 0) is 0 Å². The SMILES string of the molecule is CCN(C)CC(O)CN1CCNCC1. The summed E-state index contributed by atoms with van der Waals surface area (Å²) in [5, 5.41) is 13.1. The van der Waals surface area contributed by atoms with E-state index in [0.29, 0.717) is 0 Å². The van der Waals surface area contributed by atoms with Crippen LogP contribution in [0.1, 0.15) is 6.92 Å². The van der Waals surface area contributed by atoms with Crippen molar-refractivity contribution in [2.45, 2.75) is 13.0 Å². The summed E-state index contributed by atoms with van der Waals surface area (Å²) < 4.78 is 0. The summed E-state index contributed by atoms with van der Waals surface area (Å²) in [6.45, 7) is 8.93. The molecular weight excluding hydrogens is 178 g/mol. The third-order valence-electron chi connectivity index (χ3n) is 2.74. The molecule has 1 rings (SSSR count). The van der Waals surface area contributed by atoms with E-state index >= 15 is 0 Å². The molecule has 1 saturated heterocycles. The lowest BCUT2D eigenvalue weighted by atomic mass is 10.2. The number of hydrogen-bond donors (Lipinski definition) is 2. The molecule has 0 saturated carbocycles. The highest BCUT2D eigenvalue weighted by Gasteiger charge is 2.14. The number of hydrogen-bond acceptors (Lipinski definition) is 4. The van der Waals surface area contributed by atoms with E-state index in [0.717, 1.165) is 45.8 Å². The van der Waals surface area contributed by atoms with Crippen LogP contribution in [0.3, 0.4) is 0 Å². The number of nitrogens with one attached hydrogen (secondary N) is 1. The molecule has 0 aromatic carbocycles. The maximum absolute atomic E-state index is 9.80. The van der Waals surface area contributed by atoms with Gasteiger partial charge in [-0.05, 0) is 13.6 Å². The number of piperazine rings is 1. The summed E-state index contributed by atoms with van der Waals surface area (Å²) in [7, 11) is 2.04. The molecule has 1 aliphatic heterocycles. The summed E-state index contributed by atoms with van der Waals surface area (Å²) in [5.74, 6) is 0. The van der Waals surface area contributed by atoms with E-state index in [2.05, 4.69) is 22.0 Å². The number of aliphatic hydroxyl groups is 1. The van der Waals surface area contributed by atoms with Crippen LogP contribution in [-0.4, -0.2) is 73.9 Å². The molecule has 0 aliphatic carbocycles. The Morgan fingerprint density at radius 1 is 1.43 bits per heavy atom. The second-order valence-corrected chi connectivity index (χ2v) is 4.06. The smallest absolute Gasteiger partial charge is 0.0793 e. The Bertz CT molecular complexity index is 148. The third-order valence-corrected chi connectivity index (χ3v) is 2.74. The average molecular weight is 201 g/mol. The van der Waals surface area contributed by atoms with E-state index < -0.39 is 0 Å². The average Bonchev–Trinajstić information content (AvgIpc) is 2.19. The van der Waals surface area contributed by atoms with Crippen molar-refractivity contribution < 1.29 is 5.11 Å². The first-order valence-electron chi connectivity index (χ1n) is 5.52. The van der Waals surface area contributed by atoms with E-state index in [1.807, 2.05) is 7.05 Å². The Kier molecular flexibility index (Phi) is 5.40. The van der Waals surface area contributed by atoms with Gasteiger partial charge in [-0.15, -0.1) is 0 Å². The van der Waals surface area contributed by atoms with Crippen LogP contribution in [0.15, 0.2) is 0 Å². The lowest BCUT2D eigenvalue weighted by molar-refractivity contribution is 0.0784. The number of nitrogens with zero attached hydrogens (tertiary/aromatic N) is 2. The van der Waals surface area contributed by atoms with Crippen LogP contribution in [0.25, 0.3) is 0 Å². The molecule has 1 atom stereocenters. The van der Waals surface area contributed by atoms with E-state index in [-0.39, 0.29) is 6.10 Å². The van der Waals surface area contributed by atoms with Crippen LogP contribution in [0.4, 0.5) is 0 Å². The molecule has 14 heavy (non-hydrogen) atoms. The molecule has 1 unspecified atom stereocenters. The molecule has 84 valence electrons. The van der Waals surface area contributed by atoms with Crippen molar-refractivity contribution in [2.24, 2.45) is 0 Å². The molecule has 0 amide bonds. The molecule has 0 aromatic heterocycles. The first-order valence-corrected chi connectivity index (χ1v) is 5.52. The second-order valence-electron chi connectivity index (χ2n) is 4.06. The molecule has 0 bridgehead atoms. The van der Waals surface area contributed by atoms with Crippen molar-refractivity contribution in [3.05, 3.63) is 0 Å². The maximum atomic E-state index is 9.80. The highest BCUT2D eigenvalue weighted by atomic mass is 16.3. The van der Waals surface area contributed by atoms with Gasteiger partial charge in [0.15, 0.2) is 0 Å². The Morgan fingerprint density at radius 2 is 2.07 bits per heavy atom. The fourth-order valence-corrected chi connectivity index (χ4v) is 1.74. The largest absolute Gasteiger partial charge is 0.390 e. The van der Waals surface area contributed by atoms with Crippen molar-refractivity contribution in [3.8, 4) is 0 Å². The Morgan fingerprint density at radius 3 is 2.64 bits per heavy atom. The van der Waals surface area contributed by atoms with E-state index in [1.165, 1.54) is 0 Å². The van der Waals surface area contributed by atoms with Gasteiger partial charge in [0.25, 0.3) is 0 Å². The monoisotopic (exact) mass is 201 g/mol. The van der Waals surface area contributed by atoms with Crippen LogP contribution in [0.5, 0.6) is 0 Å². The van der Waals surface area contributed by atoms with Gasteiger partial charge in [-0.1, -0.05) is 6.92 Å². The Balaban J connectivity index is 2.14. The van der Waals surface area contributed by atoms with Crippen molar-refractivity contribution in [1.82, 2.24) is 15.1 Å². The number of rotatable bonds is 5. The number of aliphatic hydroxyl groups excluding tert-OH is 1. The van der Waals surface area contributed by atoms with Gasteiger partial charge in [0.1, 0.15) is 0 Å². The number of β-amino-alcohol motifs (C(OH)–C–C–N with tert-alkyl or cyclic N) is 1. The van der Waals surface area contributed by atoms with Gasteiger partial charge in [-0.3, -0.25) is 4.90 Å². The van der Waals surface area contributed by atoms with Gasteiger partial charge < -0.3 is 15.3 Å². The Hall–Kier alpha value is -0.160. The molecule has 0 spiro atoms. The Labute approximate surface area is 86.9 Å². The fourth-order valence-electron chi connectivity index (χ4n) is 1.74. The minimum atomic E-state index is -0.210. The molecule has 1 aliphatic rings. The highest BCUT2D eigenvalue weighted by molar-refractivity contribution is 4.72. The van der Waals surface area contributed by atoms with Crippen LogP contribution in [0.2, 0.25) is 0 Å². The van der Waals surface area contributed by atoms with Gasteiger partial charge in [0.05, 0.1) is 6.10 Å². The topological polar surface area (TPSA) is 38.7 Å². The lowest BCUT2D eigenvalue weighted by Crippen LogP contribution is -2.48. The molecule has 2 N–H and O–H groups in total. The van der Waals surface area contributed by atoms with Gasteiger partial charge in [0, 0.05) is 39.3 Å². The van der Waals surface area contributed by atoms with Gasteiger partial charge in [-0.25, -0.2) is 0 Å². The van der Waals surface area contributed by atoms with Crippen molar-refractivity contribution in [1.29, 1.82) is 0 Å². The normalized spacial score (nSPS) is 21.4. The van der Waals surface area contributed by atoms with Crippen LogP contribution in [0, 0.1) is 0 Å². The maximum Gasteiger partial charge on any atom is 0.0793 e. The van der Waals surface area contributed by atoms with Gasteiger partial charge in [-0.2, -0.15) is 0 Å². The zero-order chi connectivity index (χ0) is 10.4. The minimum Gasteiger partial charge on any atom is -0.390 e. The summed E-state index contributed by atoms with van der Waals surface area (Å²) in [5.41, 5.74) is 0. The zero-order valence-electron chi connectivity index (χ0n) is 9.37. The standard InChI is InChI=1S/C10H23N3O/c1-3-12(2)8-10(14)9-13-6-4-11-5-7-13/h10-11,14H,3-9H2,1-2H3. The van der Waals surface area contributed by atoms with Crippen molar-refractivity contribution >= 4 is 0 Å². The molecule has 4 heteroatoms. The fraction of sp³-hybridized carbons (Fsp3) is 1.00. The first kappa shape index (κ1) is 11.9. The van der Waals surface area contributed by atoms with Crippen molar-refractivity contribution in [2.75, 3.05) is 52.9 Å². The van der Waals surface area contributed by atoms with E-state index in [1.54, 1.807) is 0 Å². The summed E-state index contributed by atoms with van der Waals surface area (Å²) in [6, 6.07) is 0. The predicted octanol–water partition coefficient (Wildman–Crippen LogP) is -0.796. The zero-order valence-corrected chi connectivity index (χ0v) is 9.37. The second kappa shape index (κ2) is 6.35.